The molecule has 0 aliphatic heterocycles. The molecule has 0 saturated heterocycles. The normalized spacial score (nSPS) is 13.9. The third-order valence-electron chi connectivity index (χ3n) is 4.93. The van der Waals surface area contributed by atoms with Crippen molar-refractivity contribution < 1.29 is 29.6 Å². The van der Waals surface area contributed by atoms with Crippen LogP contribution in [-0.4, -0.2) is 9.97 Å². The molecule has 0 fully saturated rings. The van der Waals surface area contributed by atoms with Crippen LogP contribution >= 0.6 is 0 Å². The Morgan fingerprint density at radius 1 is 0.656 bits per heavy atom. The van der Waals surface area contributed by atoms with Crippen molar-refractivity contribution in [3.63, 3.8) is 0 Å². The van der Waals surface area contributed by atoms with Gasteiger partial charge < -0.3 is 0 Å². The molecule has 2 aromatic heterocycles. The fourth-order valence-corrected chi connectivity index (χ4v) is 16.5. The van der Waals surface area contributed by atoms with Crippen LogP contribution in [0.15, 0.2) is 82.5 Å². The third-order valence-corrected chi connectivity index (χ3v) is 21.9. The average Bonchev–Trinajstić information content (AvgIpc) is 3.53. The van der Waals surface area contributed by atoms with Gasteiger partial charge in [-0.25, -0.2) is 0 Å². The fraction of sp³-hybridized carbons (Fsp3) is 0.429. The van der Waals surface area contributed by atoms with Gasteiger partial charge in [-0.2, -0.15) is 0 Å². The number of H-pyrrole nitrogens is 2. The van der Waals surface area contributed by atoms with E-state index in [1.54, 1.807) is 0 Å². The SMILES string of the molecule is CC=CC=[CH][Ru]([CH2]C)([CH2]C)[c]1ccc[nH]1.CC=CC=[CH][Ru]([CH2]CC)([CH2]CC)[c]1ccc[nH]1. The van der Waals surface area contributed by atoms with E-state index >= 15 is 0 Å². The second kappa shape index (κ2) is 16.4. The van der Waals surface area contributed by atoms with Gasteiger partial charge in [-0.1, -0.05) is 0 Å². The molecule has 0 aromatic carbocycles. The Morgan fingerprint density at radius 2 is 1.09 bits per heavy atom. The Hall–Kier alpha value is -1.23. The van der Waals surface area contributed by atoms with Crippen molar-refractivity contribution in [1.29, 1.82) is 0 Å². The summed E-state index contributed by atoms with van der Waals surface area (Å²) >= 11 is -3.55. The quantitative estimate of drug-likeness (QED) is 0.179. The van der Waals surface area contributed by atoms with Crippen LogP contribution in [0.4, 0.5) is 0 Å². The predicted octanol–water partition coefficient (Wildman–Crippen LogP) is 8.30. The van der Waals surface area contributed by atoms with Crippen molar-refractivity contribution in [2.45, 2.75) is 74.4 Å². The van der Waals surface area contributed by atoms with Gasteiger partial charge in [0.15, 0.2) is 0 Å². The van der Waals surface area contributed by atoms with Crippen LogP contribution in [0.3, 0.4) is 0 Å². The molecule has 2 heterocycles. The van der Waals surface area contributed by atoms with Crippen LogP contribution in [0.2, 0.25) is 20.1 Å². The van der Waals surface area contributed by atoms with Crippen molar-refractivity contribution in [2.75, 3.05) is 0 Å². The molecular weight excluding hydrogens is 566 g/mol. The van der Waals surface area contributed by atoms with Crippen LogP contribution in [0.1, 0.15) is 54.4 Å². The second-order valence-corrected chi connectivity index (χ2v) is 22.4. The topological polar surface area (TPSA) is 31.6 Å². The molecule has 32 heavy (non-hydrogen) atoms. The number of aromatic nitrogens is 2. The Bertz CT molecular complexity index is 802. The molecule has 2 N–H and O–H groups in total. The van der Waals surface area contributed by atoms with Gasteiger partial charge in [-0.3, -0.25) is 0 Å². The van der Waals surface area contributed by atoms with E-state index in [1.807, 2.05) is 6.20 Å². The zero-order valence-corrected chi connectivity index (χ0v) is 24.5. The van der Waals surface area contributed by atoms with E-state index < -0.39 is 29.6 Å². The maximum absolute atomic E-state index is 3.47. The Morgan fingerprint density at radius 3 is 1.44 bits per heavy atom. The summed E-state index contributed by atoms with van der Waals surface area (Å²) in [6, 6.07) is 8.79. The van der Waals surface area contributed by atoms with Crippen molar-refractivity contribution >= 4 is 8.58 Å². The molecular formula is C28H46N2Ru2. The molecule has 0 atom stereocenters. The summed E-state index contributed by atoms with van der Waals surface area (Å²) in [5.74, 6) is 0. The molecule has 184 valence electrons. The van der Waals surface area contributed by atoms with Crippen LogP contribution in [0, 0.1) is 0 Å². The molecule has 2 rings (SSSR count). The average molecular weight is 613 g/mol. The minimum atomic E-state index is -1.81. The summed E-state index contributed by atoms with van der Waals surface area (Å²) in [6.45, 7) is 13.4. The second-order valence-electron chi connectivity index (χ2n) is 7.17. The van der Waals surface area contributed by atoms with Gasteiger partial charge in [-0.05, 0) is 0 Å². The number of hydrogen-bond donors (Lipinski definition) is 2. The van der Waals surface area contributed by atoms with E-state index in [2.05, 4.69) is 128 Å². The predicted molar refractivity (Wildman–Crippen MR) is 140 cm³/mol. The van der Waals surface area contributed by atoms with Crippen molar-refractivity contribution in [3.8, 4) is 0 Å². The van der Waals surface area contributed by atoms with E-state index in [0.717, 1.165) is 0 Å². The summed E-state index contributed by atoms with van der Waals surface area (Å²) in [5.41, 5.74) is 0. The maximum atomic E-state index is 3.47. The van der Waals surface area contributed by atoms with Gasteiger partial charge in [0.05, 0.1) is 0 Å². The van der Waals surface area contributed by atoms with Crippen LogP contribution in [0.5, 0.6) is 0 Å². The zero-order valence-electron chi connectivity index (χ0n) is 21.0. The van der Waals surface area contributed by atoms with Gasteiger partial charge in [0, 0.05) is 0 Å². The number of aromatic amines is 2. The number of allylic oxidation sites excluding steroid dienone is 6. The molecule has 0 unspecified atom stereocenters. The van der Waals surface area contributed by atoms with Crippen LogP contribution in [-0.2, 0) is 29.6 Å². The van der Waals surface area contributed by atoms with E-state index in [9.17, 15) is 0 Å². The summed E-state index contributed by atoms with van der Waals surface area (Å²) in [7, 11) is 0. The zero-order chi connectivity index (χ0) is 23.7. The van der Waals surface area contributed by atoms with Gasteiger partial charge in [0.25, 0.3) is 0 Å². The summed E-state index contributed by atoms with van der Waals surface area (Å²) < 4.78 is 8.01. The Balaban J connectivity index is 0.000000323. The van der Waals surface area contributed by atoms with E-state index in [4.69, 9.17) is 0 Å². The molecule has 2 nitrogen and oxygen atoms in total. The van der Waals surface area contributed by atoms with Crippen molar-refractivity contribution in [2.24, 2.45) is 0 Å². The first kappa shape index (κ1) is 28.8. The number of hydrogen-bond acceptors (Lipinski definition) is 0. The monoisotopic (exact) mass is 614 g/mol. The molecule has 0 saturated carbocycles. The van der Waals surface area contributed by atoms with Crippen LogP contribution < -0.4 is 8.58 Å². The molecule has 0 bridgehead atoms. The van der Waals surface area contributed by atoms with Gasteiger partial charge in [0.1, 0.15) is 0 Å². The van der Waals surface area contributed by atoms with E-state index in [-0.39, 0.29) is 0 Å². The molecule has 0 aliphatic carbocycles. The first-order chi connectivity index (χ1) is 15.6. The van der Waals surface area contributed by atoms with Crippen LogP contribution in [0.25, 0.3) is 0 Å². The fourth-order valence-electron chi connectivity index (χ4n) is 3.37. The molecule has 0 radical (unpaired) electrons. The van der Waals surface area contributed by atoms with E-state index in [1.165, 1.54) is 41.5 Å². The first-order valence-corrected chi connectivity index (χ1v) is 20.4. The standard InChI is InChI=1S/2C5H7.2C4H4N.2C3H7.2C2H5.2Ru/c2*1-3-5-4-2;2*1-2-4-5-3-1;2*1-3-2;2*1-2;;/h2*1,3-5H,2H3;2*1-3,5H;2*1,3H2,2H3;2*1H2,2H3;;. The number of rotatable bonds is 12. The molecule has 0 spiro atoms. The molecule has 0 aliphatic rings. The summed E-state index contributed by atoms with van der Waals surface area (Å²) in [5, 5.41) is 5.33. The molecule has 0 amide bonds. The molecule has 2 aromatic rings. The first-order valence-electron chi connectivity index (χ1n) is 11.7. The van der Waals surface area contributed by atoms with Gasteiger partial charge in [-0.15, -0.1) is 0 Å². The van der Waals surface area contributed by atoms with Crippen molar-refractivity contribution in [1.82, 2.24) is 9.97 Å². The van der Waals surface area contributed by atoms with E-state index in [0.29, 0.717) is 0 Å². The van der Waals surface area contributed by atoms with Gasteiger partial charge >= 0.3 is 205 Å². The number of nitrogens with one attached hydrogen (secondary N) is 2. The Labute approximate surface area is 204 Å². The Kier molecular flexibility index (Phi) is 14.8. The van der Waals surface area contributed by atoms with Gasteiger partial charge in [0.2, 0.25) is 0 Å². The summed E-state index contributed by atoms with van der Waals surface area (Å²) in [4.78, 5) is 6.88. The summed E-state index contributed by atoms with van der Waals surface area (Å²) in [6.07, 6.45) is 19.6. The minimum absolute atomic E-state index is 1.28. The molecule has 4 heteroatoms. The third kappa shape index (κ3) is 8.61. The van der Waals surface area contributed by atoms with Crippen molar-refractivity contribution in [3.05, 3.63) is 82.5 Å².